The summed E-state index contributed by atoms with van der Waals surface area (Å²) in [5.41, 5.74) is 6.83. The largest absolute Gasteiger partial charge is 0.490 e. The summed E-state index contributed by atoms with van der Waals surface area (Å²) >= 11 is 0. The second kappa shape index (κ2) is 5.64. The number of ether oxygens (including phenoxy) is 1. The number of pyridine rings is 1. The van der Waals surface area contributed by atoms with Gasteiger partial charge in [-0.15, -0.1) is 0 Å². The molecule has 0 saturated carbocycles. The number of benzene rings is 1. The highest BCUT2D eigenvalue weighted by Gasteiger charge is 2.05. The van der Waals surface area contributed by atoms with Crippen molar-refractivity contribution >= 4 is 10.9 Å². The van der Waals surface area contributed by atoms with Crippen LogP contribution in [0.25, 0.3) is 10.9 Å². The first-order valence-electron chi connectivity index (χ1n) is 6.03. The Morgan fingerprint density at radius 3 is 2.94 bits per heavy atom. The van der Waals surface area contributed by atoms with Crippen molar-refractivity contribution in [3.8, 4) is 5.75 Å². The lowest BCUT2D eigenvalue weighted by Gasteiger charge is -2.13. The first kappa shape index (κ1) is 11.9. The average Bonchev–Trinajstić information content (AvgIpc) is 2.36. The van der Waals surface area contributed by atoms with Crippen molar-refractivity contribution in [2.24, 2.45) is 5.73 Å². The Labute approximate surface area is 102 Å². The van der Waals surface area contributed by atoms with Crippen LogP contribution in [0.1, 0.15) is 19.8 Å². The summed E-state index contributed by atoms with van der Waals surface area (Å²) in [5, 5.41) is 1.09. The van der Waals surface area contributed by atoms with E-state index in [-0.39, 0.29) is 6.04 Å². The highest BCUT2D eigenvalue weighted by Crippen LogP contribution is 2.22. The van der Waals surface area contributed by atoms with Gasteiger partial charge >= 0.3 is 0 Å². The number of nitrogens with zero attached hydrogens (tertiary/aromatic N) is 1. The molecule has 17 heavy (non-hydrogen) atoms. The van der Waals surface area contributed by atoms with Gasteiger partial charge in [0.15, 0.2) is 0 Å². The van der Waals surface area contributed by atoms with Crippen LogP contribution in [-0.2, 0) is 0 Å². The van der Waals surface area contributed by atoms with Crippen molar-refractivity contribution in [1.29, 1.82) is 0 Å². The van der Waals surface area contributed by atoms with Crippen LogP contribution in [0.15, 0.2) is 36.5 Å². The molecule has 0 spiro atoms. The molecular weight excluding hydrogens is 212 g/mol. The highest BCUT2D eigenvalue weighted by atomic mass is 16.5. The van der Waals surface area contributed by atoms with E-state index in [9.17, 15) is 0 Å². The molecule has 1 aromatic heterocycles. The van der Waals surface area contributed by atoms with Crippen molar-refractivity contribution in [3.05, 3.63) is 36.5 Å². The third-order valence-electron chi connectivity index (χ3n) is 2.71. The van der Waals surface area contributed by atoms with Crippen molar-refractivity contribution in [3.63, 3.8) is 0 Å². The van der Waals surface area contributed by atoms with E-state index in [4.69, 9.17) is 10.5 Å². The Morgan fingerprint density at radius 2 is 2.12 bits per heavy atom. The highest BCUT2D eigenvalue weighted by molar-refractivity contribution is 5.84. The van der Waals surface area contributed by atoms with E-state index in [1.807, 2.05) is 30.3 Å². The molecule has 2 aromatic rings. The number of hydrogen-bond acceptors (Lipinski definition) is 3. The molecule has 0 aliphatic heterocycles. The van der Waals surface area contributed by atoms with Crippen LogP contribution in [0.5, 0.6) is 5.75 Å². The van der Waals surface area contributed by atoms with Gasteiger partial charge in [-0.2, -0.15) is 0 Å². The maximum Gasteiger partial charge on any atom is 0.145 e. The lowest BCUT2D eigenvalue weighted by Crippen LogP contribution is -2.27. The maximum absolute atomic E-state index is 5.93. The maximum atomic E-state index is 5.93. The lowest BCUT2D eigenvalue weighted by atomic mass is 10.2. The van der Waals surface area contributed by atoms with Gasteiger partial charge in [-0.3, -0.25) is 4.98 Å². The second-order valence-corrected chi connectivity index (χ2v) is 4.19. The fraction of sp³-hybridized carbons (Fsp3) is 0.357. The van der Waals surface area contributed by atoms with Crippen LogP contribution in [0.4, 0.5) is 0 Å². The van der Waals surface area contributed by atoms with E-state index in [0.29, 0.717) is 6.61 Å². The van der Waals surface area contributed by atoms with E-state index < -0.39 is 0 Å². The molecule has 1 atom stereocenters. The van der Waals surface area contributed by atoms with Gasteiger partial charge in [0.1, 0.15) is 17.9 Å². The Kier molecular flexibility index (Phi) is 3.94. The Bertz CT molecular complexity index is 479. The van der Waals surface area contributed by atoms with E-state index in [1.165, 1.54) is 0 Å². The van der Waals surface area contributed by atoms with Crippen LogP contribution in [0.3, 0.4) is 0 Å². The van der Waals surface area contributed by atoms with Crippen molar-refractivity contribution in [2.75, 3.05) is 6.61 Å². The molecule has 0 aliphatic rings. The van der Waals surface area contributed by atoms with Gasteiger partial charge in [0.25, 0.3) is 0 Å². The molecule has 90 valence electrons. The van der Waals surface area contributed by atoms with Crippen LogP contribution in [0, 0.1) is 0 Å². The zero-order valence-electron chi connectivity index (χ0n) is 10.1. The van der Waals surface area contributed by atoms with E-state index >= 15 is 0 Å². The SMILES string of the molecule is CCCC(N)COc1cccc2cccnc12. The summed E-state index contributed by atoms with van der Waals surface area (Å²) in [6.45, 7) is 2.67. The molecule has 1 heterocycles. The van der Waals surface area contributed by atoms with Crippen LogP contribution >= 0.6 is 0 Å². The summed E-state index contributed by atoms with van der Waals surface area (Å²) < 4.78 is 5.75. The Balaban J connectivity index is 2.13. The Morgan fingerprint density at radius 1 is 1.29 bits per heavy atom. The molecule has 0 fully saturated rings. The van der Waals surface area contributed by atoms with Gasteiger partial charge < -0.3 is 10.5 Å². The van der Waals surface area contributed by atoms with Gasteiger partial charge in [-0.25, -0.2) is 0 Å². The molecule has 0 amide bonds. The third kappa shape index (κ3) is 2.94. The van der Waals surface area contributed by atoms with Gasteiger partial charge in [-0.05, 0) is 18.6 Å². The van der Waals surface area contributed by atoms with Gasteiger partial charge in [0.2, 0.25) is 0 Å². The third-order valence-corrected chi connectivity index (χ3v) is 2.71. The number of nitrogens with two attached hydrogens (primary N) is 1. The average molecular weight is 230 g/mol. The van der Waals surface area contributed by atoms with Crippen molar-refractivity contribution in [2.45, 2.75) is 25.8 Å². The molecule has 2 rings (SSSR count). The molecular formula is C14H18N2O. The minimum atomic E-state index is 0.0963. The molecule has 1 aromatic carbocycles. The number of hydrogen-bond donors (Lipinski definition) is 1. The van der Waals surface area contributed by atoms with Crippen molar-refractivity contribution < 1.29 is 4.74 Å². The molecule has 3 nitrogen and oxygen atoms in total. The fourth-order valence-corrected chi connectivity index (χ4v) is 1.84. The standard InChI is InChI=1S/C14H18N2O/c1-2-5-12(15)10-17-13-8-3-6-11-7-4-9-16-14(11)13/h3-4,6-9,12H,2,5,10,15H2,1H3. The summed E-state index contributed by atoms with van der Waals surface area (Å²) in [7, 11) is 0. The number of aromatic nitrogens is 1. The number of para-hydroxylation sites is 1. The normalized spacial score (nSPS) is 12.6. The van der Waals surface area contributed by atoms with Crippen LogP contribution in [-0.4, -0.2) is 17.6 Å². The summed E-state index contributed by atoms with van der Waals surface area (Å²) in [4.78, 5) is 4.34. The predicted molar refractivity (Wildman–Crippen MR) is 70.1 cm³/mol. The predicted octanol–water partition coefficient (Wildman–Crippen LogP) is 2.74. The van der Waals surface area contributed by atoms with Crippen LogP contribution < -0.4 is 10.5 Å². The van der Waals surface area contributed by atoms with Gasteiger partial charge in [-0.1, -0.05) is 31.5 Å². The molecule has 0 saturated heterocycles. The van der Waals surface area contributed by atoms with E-state index in [1.54, 1.807) is 6.20 Å². The molecule has 2 N–H and O–H groups in total. The molecule has 0 bridgehead atoms. The summed E-state index contributed by atoms with van der Waals surface area (Å²) in [6, 6.07) is 10.00. The number of fused-ring (bicyclic) bond motifs is 1. The minimum absolute atomic E-state index is 0.0963. The molecule has 1 unspecified atom stereocenters. The smallest absolute Gasteiger partial charge is 0.145 e. The number of rotatable bonds is 5. The van der Waals surface area contributed by atoms with Crippen molar-refractivity contribution in [1.82, 2.24) is 4.98 Å². The van der Waals surface area contributed by atoms with Gasteiger partial charge in [0.05, 0.1) is 0 Å². The topological polar surface area (TPSA) is 48.1 Å². The van der Waals surface area contributed by atoms with Crippen LogP contribution in [0.2, 0.25) is 0 Å². The second-order valence-electron chi connectivity index (χ2n) is 4.19. The first-order chi connectivity index (χ1) is 8.31. The van der Waals surface area contributed by atoms with E-state index in [0.717, 1.165) is 29.5 Å². The summed E-state index contributed by atoms with van der Waals surface area (Å²) in [5.74, 6) is 0.814. The Hall–Kier alpha value is -1.61. The fourth-order valence-electron chi connectivity index (χ4n) is 1.84. The first-order valence-corrected chi connectivity index (χ1v) is 6.03. The van der Waals surface area contributed by atoms with Gasteiger partial charge in [0, 0.05) is 17.6 Å². The molecule has 0 radical (unpaired) electrons. The lowest BCUT2D eigenvalue weighted by molar-refractivity contribution is 0.284. The summed E-state index contributed by atoms with van der Waals surface area (Å²) in [6.07, 6.45) is 3.84. The molecule has 0 aliphatic carbocycles. The van der Waals surface area contributed by atoms with E-state index in [2.05, 4.69) is 11.9 Å². The zero-order valence-corrected chi connectivity index (χ0v) is 10.1. The molecule has 3 heteroatoms. The quantitative estimate of drug-likeness (QED) is 0.859. The minimum Gasteiger partial charge on any atom is -0.490 e. The monoisotopic (exact) mass is 230 g/mol. The zero-order chi connectivity index (χ0) is 12.1.